The van der Waals surface area contributed by atoms with Gasteiger partial charge in [-0.15, -0.1) is 0 Å². The highest BCUT2D eigenvalue weighted by Crippen LogP contribution is 2.30. The largest absolute Gasteiger partial charge is 0.497 e. The Morgan fingerprint density at radius 1 is 1.04 bits per heavy atom. The molecule has 1 aliphatic carbocycles. The van der Waals surface area contributed by atoms with Crippen molar-refractivity contribution >= 4 is 15.7 Å². The van der Waals surface area contributed by atoms with Crippen LogP contribution in [0.5, 0.6) is 5.75 Å². The highest BCUT2D eigenvalue weighted by molar-refractivity contribution is 7.89. The topological polar surface area (TPSA) is 63.7 Å². The molecule has 0 atom stereocenters. The molecule has 138 valence electrons. The summed E-state index contributed by atoms with van der Waals surface area (Å²) in [7, 11) is -1.45. The van der Waals surface area contributed by atoms with Crippen LogP contribution in [0.4, 0.5) is 0 Å². The molecule has 0 N–H and O–H groups in total. The van der Waals surface area contributed by atoms with Gasteiger partial charge in [0.15, 0.2) is 9.84 Å². The summed E-state index contributed by atoms with van der Waals surface area (Å²) in [6, 6.07) is 14.9. The molecule has 2 aromatic carbocycles. The van der Waals surface area contributed by atoms with Crippen LogP contribution in [0, 0.1) is 0 Å². The molecule has 0 saturated heterocycles. The van der Waals surface area contributed by atoms with E-state index in [0.29, 0.717) is 17.7 Å². The van der Waals surface area contributed by atoms with Crippen LogP contribution in [0.3, 0.4) is 0 Å². The maximum absolute atomic E-state index is 12.9. The van der Waals surface area contributed by atoms with Crippen molar-refractivity contribution in [1.82, 2.24) is 4.90 Å². The van der Waals surface area contributed by atoms with Crippen molar-refractivity contribution in [2.75, 3.05) is 13.4 Å². The number of benzene rings is 2. The molecule has 26 heavy (non-hydrogen) atoms. The number of nitrogens with zero attached hydrogens (tertiary/aromatic N) is 1. The van der Waals surface area contributed by atoms with Crippen molar-refractivity contribution in [3.63, 3.8) is 0 Å². The fourth-order valence-corrected chi connectivity index (χ4v) is 3.69. The molecule has 1 aliphatic rings. The normalized spacial score (nSPS) is 14.1. The van der Waals surface area contributed by atoms with Crippen molar-refractivity contribution in [3.05, 3.63) is 65.2 Å². The van der Waals surface area contributed by atoms with Crippen molar-refractivity contribution in [3.8, 4) is 5.75 Å². The van der Waals surface area contributed by atoms with E-state index in [1.807, 2.05) is 29.2 Å². The van der Waals surface area contributed by atoms with Gasteiger partial charge in [-0.25, -0.2) is 8.42 Å². The molecule has 0 aliphatic heterocycles. The van der Waals surface area contributed by atoms with Gasteiger partial charge in [0.2, 0.25) is 0 Å². The third kappa shape index (κ3) is 4.85. The van der Waals surface area contributed by atoms with Gasteiger partial charge in [0.05, 0.1) is 12.9 Å². The number of ether oxygens (including phenoxy) is 1. The van der Waals surface area contributed by atoms with Crippen LogP contribution in [0.1, 0.15) is 34.3 Å². The van der Waals surface area contributed by atoms with E-state index >= 15 is 0 Å². The van der Waals surface area contributed by atoms with Crippen LogP contribution in [0.25, 0.3) is 0 Å². The zero-order valence-corrected chi connectivity index (χ0v) is 15.8. The smallest absolute Gasteiger partial charge is 0.254 e. The minimum absolute atomic E-state index is 0.0142. The quantitative estimate of drug-likeness (QED) is 0.748. The molecule has 3 rings (SSSR count). The second kappa shape index (κ2) is 7.50. The SMILES string of the molecule is COc1ccc(CN(C(=O)c2ccc(CS(C)(=O)=O)cc2)C2CC2)cc1. The summed E-state index contributed by atoms with van der Waals surface area (Å²) in [6.07, 6.45) is 3.25. The molecule has 5 nitrogen and oxygen atoms in total. The van der Waals surface area contributed by atoms with E-state index < -0.39 is 9.84 Å². The van der Waals surface area contributed by atoms with Crippen molar-refractivity contribution in [1.29, 1.82) is 0 Å². The summed E-state index contributed by atoms with van der Waals surface area (Å²) < 4.78 is 28.0. The molecule has 1 amide bonds. The number of hydrogen-bond acceptors (Lipinski definition) is 4. The van der Waals surface area contributed by atoms with Gasteiger partial charge in [0.1, 0.15) is 5.75 Å². The molecule has 6 heteroatoms. The van der Waals surface area contributed by atoms with E-state index in [0.717, 1.165) is 24.2 Å². The minimum atomic E-state index is -3.08. The third-order valence-corrected chi connectivity index (χ3v) is 5.25. The summed E-state index contributed by atoms with van der Waals surface area (Å²) in [6.45, 7) is 0.554. The van der Waals surface area contributed by atoms with Gasteiger partial charge in [0.25, 0.3) is 5.91 Å². The molecule has 1 fully saturated rings. The van der Waals surface area contributed by atoms with Crippen LogP contribution in [-0.4, -0.2) is 38.6 Å². The van der Waals surface area contributed by atoms with Crippen LogP contribution >= 0.6 is 0 Å². The Hall–Kier alpha value is -2.34. The first-order valence-electron chi connectivity index (χ1n) is 8.56. The Labute approximate surface area is 154 Å². The minimum Gasteiger partial charge on any atom is -0.497 e. The van der Waals surface area contributed by atoms with E-state index in [-0.39, 0.29) is 17.7 Å². The standard InChI is InChI=1S/C20H23NO4S/c1-25-19-11-5-15(6-12-19)13-21(18-9-10-18)20(22)17-7-3-16(4-8-17)14-26(2,23)24/h3-8,11-12,18H,9-10,13-14H2,1-2H3. The van der Waals surface area contributed by atoms with E-state index in [9.17, 15) is 13.2 Å². The Morgan fingerprint density at radius 3 is 2.12 bits per heavy atom. The molecule has 0 radical (unpaired) electrons. The first kappa shape index (κ1) is 18.5. The molecule has 0 aromatic heterocycles. The Morgan fingerprint density at radius 2 is 1.62 bits per heavy atom. The van der Waals surface area contributed by atoms with Crippen LogP contribution in [0.15, 0.2) is 48.5 Å². The van der Waals surface area contributed by atoms with Crippen molar-refractivity contribution in [2.24, 2.45) is 0 Å². The summed E-state index contributed by atoms with van der Waals surface area (Å²) >= 11 is 0. The number of sulfone groups is 1. The number of carbonyl (C=O) groups is 1. The number of rotatable bonds is 7. The lowest BCUT2D eigenvalue weighted by Gasteiger charge is -2.23. The highest BCUT2D eigenvalue weighted by atomic mass is 32.2. The number of methoxy groups -OCH3 is 1. The summed E-state index contributed by atoms with van der Waals surface area (Å²) in [5.41, 5.74) is 2.33. The predicted molar refractivity (Wildman–Crippen MR) is 101 cm³/mol. The van der Waals surface area contributed by atoms with E-state index in [1.165, 1.54) is 6.26 Å². The lowest BCUT2D eigenvalue weighted by molar-refractivity contribution is 0.0730. The summed E-state index contributed by atoms with van der Waals surface area (Å²) in [5.74, 6) is 0.758. The van der Waals surface area contributed by atoms with Gasteiger partial charge in [-0.1, -0.05) is 24.3 Å². The molecule has 0 spiro atoms. The lowest BCUT2D eigenvalue weighted by Crippen LogP contribution is -2.32. The van der Waals surface area contributed by atoms with E-state index in [1.54, 1.807) is 31.4 Å². The van der Waals surface area contributed by atoms with Gasteiger partial charge in [-0.05, 0) is 48.2 Å². The van der Waals surface area contributed by atoms with Gasteiger partial charge in [0, 0.05) is 24.4 Å². The first-order valence-corrected chi connectivity index (χ1v) is 10.6. The van der Waals surface area contributed by atoms with Gasteiger partial charge in [-0.3, -0.25) is 4.79 Å². The van der Waals surface area contributed by atoms with E-state index in [4.69, 9.17) is 4.74 Å². The second-order valence-electron chi connectivity index (χ2n) is 6.78. The molecule has 0 bridgehead atoms. The summed E-state index contributed by atoms with van der Waals surface area (Å²) in [4.78, 5) is 14.8. The molecule has 2 aromatic rings. The van der Waals surface area contributed by atoms with Crippen molar-refractivity contribution < 1.29 is 17.9 Å². The van der Waals surface area contributed by atoms with Gasteiger partial charge in [-0.2, -0.15) is 0 Å². The number of hydrogen-bond donors (Lipinski definition) is 0. The molecular formula is C20H23NO4S. The van der Waals surface area contributed by atoms with Crippen molar-refractivity contribution in [2.45, 2.75) is 31.2 Å². The van der Waals surface area contributed by atoms with Crippen LogP contribution in [-0.2, 0) is 22.1 Å². The highest BCUT2D eigenvalue weighted by Gasteiger charge is 2.33. The summed E-state index contributed by atoms with van der Waals surface area (Å²) in [5, 5.41) is 0. The predicted octanol–water partition coefficient (Wildman–Crippen LogP) is 3.04. The first-order chi connectivity index (χ1) is 12.4. The average Bonchev–Trinajstić information content (AvgIpc) is 3.44. The fourth-order valence-electron chi connectivity index (χ4n) is 2.89. The molecule has 0 unspecified atom stereocenters. The molecule has 0 heterocycles. The Bertz CT molecular complexity index is 869. The number of carbonyl (C=O) groups excluding carboxylic acids is 1. The average molecular weight is 373 g/mol. The molecular weight excluding hydrogens is 350 g/mol. The number of amides is 1. The monoisotopic (exact) mass is 373 g/mol. The fraction of sp³-hybridized carbons (Fsp3) is 0.350. The maximum atomic E-state index is 12.9. The van der Waals surface area contributed by atoms with Gasteiger partial charge >= 0.3 is 0 Å². The molecule has 1 saturated carbocycles. The third-order valence-electron chi connectivity index (χ3n) is 4.39. The lowest BCUT2D eigenvalue weighted by atomic mass is 10.1. The van der Waals surface area contributed by atoms with E-state index in [2.05, 4.69) is 0 Å². The van der Waals surface area contributed by atoms with Crippen LogP contribution < -0.4 is 4.74 Å². The Kier molecular flexibility index (Phi) is 5.32. The Balaban J connectivity index is 1.74. The maximum Gasteiger partial charge on any atom is 0.254 e. The zero-order chi connectivity index (χ0) is 18.7. The second-order valence-corrected chi connectivity index (χ2v) is 8.92. The zero-order valence-electron chi connectivity index (χ0n) is 15.0. The van der Waals surface area contributed by atoms with Crippen LogP contribution in [0.2, 0.25) is 0 Å². The van der Waals surface area contributed by atoms with Gasteiger partial charge < -0.3 is 9.64 Å².